The van der Waals surface area contributed by atoms with Crippen LogP contribution in [0.4, 0.5) is 5.69 Å². The van der Waals surface area contributed by atoms with Crippen LogP contribution in [-0.4, -0.2) is 9.91 Å². The predicted octanol–water partition coefficient (Wildman–Crippen LogP) is 3.04. The maximum absolute atomic E-state index is 10.8. The van der Waals surface area contributed by atoms with Gasteiger partial charge in [0.05, 0.1) is 9.40 Å². The summed E-state index contributed by atoms with van der Waals surface area (Å²) in [5, 5.41) is 14.1. The predicted molar refractivity (Wildman–Crippen MR) is 75.6 cm³/mol. The molecule has 0 spiro atoms. The summed E-state index contributed by atoms with van der Waals surface area (Å²) in [6.07, 6.45) is 3.48. The summed E-state index contributed by atoms with van der Waals surface area (Å²) >= 11 is 3.17. The normalized spacial score (nSPS) is 10.4. The Morgan fingerprint density at radius 3 is 2.53 bits per heavy atom. The van der Waals surface area contributed by atoms with Gasteiger partial charge in [-0.25, -0.2) is 0 Å². The van der Waals surface area contributed by atoms with E-state index in [4.69, 9.17) is 0 Å². The molecule has 1 aromatic carbocycles. The highest BCUT2D eigenvalue weighted by atomic mass is 79.9. The lowest BCUT2D eigenvalue weighted by atomic mass is 10.2. The molecule has 2 rings (SSSR count). The average Bonchev–Trinajstić information content (AvgIpc) is 2.41. The molecule has 0 aliphatic heterocycles. The zero-order valence-electron chi connectivity index (χ0n) is 10.0. The lowest BCUT2D eigenvalue weighted by Gasteiger charge is -2.05. The second-order valence-electron chi connectivity index (χ2n) is 4.00. The van der Waals surface area contributed by atoms with Crippen LogP contribution >= 0.6 is 15.9 Å². The van der Waals surface area contributed by atoms with Gasteiger partial charge in [0.25, 0.3) is 5.69 Å². The quantitative estimate of drug-likeness (QED) is 0.679. The molecular weight excluding hydrogens is 310 g/mol. The van der Waals surface area contributed by atoms with E-state index in [-0.39, 0.29) is 5.69 Å². The minimum absolute atomic E-state index is 0.0863. The number of benzene rings is 1. The molecule has 0 amide bonds. The van der Waals surface area contributed by atoms with Gasteiger partial charge in [0.2, 0.25) is 0 Å². The Kier molecular flexibility index (Phi) is 4.59. The molecule has 98 valence electrons. The van der Waals surface area contributed by atoms with E-state index in [2.05, 4.69) is 26.2 Å². The fraction of sp³-hybridized carbons (Fsp3) is 0.154. The maximum Gasteiger partial charge on any atom is 0.283 e. The van der Waals surface area contributed by atoms with Crippen molar-refractivity contribution in [1.82, 2.24) is 10.3 Å². The van der Waals surface area contributed by atoms with Crippen LogP contribution in [0.3, 0.4) is 0 Å². The molecule has 6 heteroatoms. The van der Waals surface area contributed by atoms with Crippen LogP contribution in [0.2, 0.25) is 0 Å². The standard InChI is InChI=1S/C13H12BrN3O2/c14-12-2-1-11(7-13(12)17(18)19)9-16-8-10-3-5-15-6-4-10/h1-7,16H,8-9H2. The van der Waals surface area contributed by atoms with Gasteiger partial charge in [-0.15, -0.1) is 0 Å². The zero-order chi connectivity index (χ0) is 13.7. The number of rotatable bonds is 5. The van der Waals surface area contributed by atoms with Crippen molar-refractivity contribution < 1.29 is 4.92 Å². The highest BCUT2D eigenvalue weighted by molar-refractivity contribution is 9.10. The summed E-state index contributed by atoms with van der Waals surface area (Å²) < 4.78 is 0.496. The molecule has 1 N–H and O–H groups in total. The second-order valence-corrected chi connectivity index (χ2v) is 4.86. The van der Waals surface area contributed by atoms with Crippen LogP contribution in [0.25, 0.3) is 0 Å². The third kappa shape index (κ3) is 3.84. The lowest BCUT2D eigenvalue weighted by molar-refractivity contribution is -0.385. The monoisotopic (exact) mass is 321 g/mol. The molecule has 0 aliphatic rings. The Morgan fingerprint density at radius 2 is 1.84 bits per heavy atom. The fourth-order valence-electron chi connectivity index (χ4n) is 1.66. The van der Waals surface area contributed by atoms with Gasteiger partial charge in [-0.05, 0) is 45.3 Å². The molecule has 0 bridgehead atoms. The summed E-state index contributed by atoms with van der Waals surface area (Å²) in [5.74, 6) is 0. The molecule has 0 radical (unpaired) electrons. The summed E-state index contributed by atoms with van der Waals surface area (Å²) in [6, 6.07) is 8.98. The molecule has 0 saturated heterocycles. The van der Waals surface area contributed by atoms with Crippen LogP contribution in [0.1, 0.15) is 11.1 Å². The van der Waals surface area contributed by atoms with E-state index in [1.165, 1.54) is 0 Å². The number of nitro benzene ring substituents is 1. The summed E-state index contributed by atoms with van der Waals surface area (Å²) in [5.41, 5.74) is 2.09. The Hall–Kier alpha value is -1.79. The van der Waals surface area contributed by atoms with E-state index in [9.17, 15) is 10.1 Å². The van der Waals surface area contributed by atoms with Gasteiger partial charge in [0.15, 0.2) is 0 Å². The lowest BCUT2D eigenvalue weighted by Crippen LogP contribution is -2.12. The van der Waals surface area contributed by atoms with Crippen molar-refractivity contribution in [2.24, 2.45) is 0 Å². The van der Waals surface area contributed by atoms with Crippen molar-refractivity contribution in [2.75, 3.05) is 0 Å². The Balaban J connectivity index is 1.97. The van der Waals surface area contributed by atoms with E-state index >= 15 is 0 Å². The molecule has 0 fully saturated rings. The average molecular weight is 322 g/mol. The van der Waals surface area contributed by atoms with E-state index < -0.39 is 4.92 Å². The highest BCUT2D eigenvalue weighted by Gasteiger charge is 2.11. The van der Waals surface area contributed by atoms with Gasteiger partial charge < -0.3 is 5.32 Å². The first-order valence-electron chi connectivity index (χ1n) is 5.69. The van der Waals surface area contributed by atoms with Crippen LogP contribution in [0.15, 0.2) is 47.2 Å². The first-order valence-corrected chi connectivity index (χ1v) is 6.48. The highest BCUT2D eigenvalue weighted by Crippen LogP contribution is 2.25. The molecule has 1 aromatic heterocycles. The molecule has 19 heavy (non-hydrogen) atoms. The third-order valence-electron chi connectivity index (χ3n) is 2.61. The van der Waals surface area contributed by atoms with Crippen molar-refractivity contribution >= 4 is 21.6 Å². The fourth-order valence-corrected chi connectivity index (χ4v) is 2.05. The minimum atomic E-state index is -0.392. The molecule has 2 aromatic rings. The molecule has 0 saturated carbocycles. The number of pyridine rings is 1. The largest absolute Gasteiger partial charge is 0.309 e. The van der Waals surface area contributed by atoms with Crippen molar-refractivity contribution in [2.45, 2.75) is 13.1 Å². The van der Waals surface area contributed by atoms with Gasteiger partial charge in [-0.3, -0.25) is 15.1 Å². The van der Waals surface area contributed by atoms with Crippen LogP contribution < -0.4 is 5.32 Å². The number of hydrogen-bond donors (Lipinski definition) is 1. The first kappa shape index (κ1) is 13.6. The summed E-state index contributed by atoms with van der Waals surface area (Å²) in [7, 11) is 0. The number of halogens is 1. The molecule has 0 atom stereocenters. The van der Waals surface area contributed by atoms with Gasteiger partial charge in [0, 0.05) is 31.5 Å². The van der Waals surface area contributed by atoms with E-state index in [0.29, 0.717) is 17.6 Å². The van der Waals surface area contributed by atoms with Crippen molar-refractivity contribution in [3.05, 3.63) is 68.4 Å². The smallest absolute Gasteiger partial charge is 0.283 e. The molecular formula is C13H12BrN3O2. The third-order valence-corrected chi connectivity index (χ3v) is 3.29. The van der Waals surface area contributed by atoms with Gasteiger partial charge >= 0.3 is 0 Å². The van der Waals surface area contributed by atoms with Crippen molar-refractivity contribution in [3.63, 3.8) is 0 Å². The van der Waals surface area contributed by atoms with Crippen molar-refractivity contribution in [3.8, 4) is 0 Å². The first-order chi connectivity index (χ1) is 9.16. The Morgan fingerprint density at radius 1 is 1.16 bits per heavy atom. The molecule has 1 heterocycles. The summed E-state index contributed by atoms with van der Waals surface area (Å²) in [4.78, 5) is 14.4. The zero-order valence-corrected chi connectivity index (χ0v) is 11.6. The van der Waals surface area contributed by atoms with Gasteiger partial charge in [0.1, 0.15) is 0 Å². The van der Waals surface area contributed by atoms with Crippen LogP contribution in [0, 0.1) is 10.1 Å². The van der Waals surface area contributed by atoms with E-state index in [1.807, 2.05) is 18.2 Å². The van der Waals surface area contributed by atoms with Gasteiger partial charge in [-0.2, -0.15) is 0 Å². The number of aromatic nitrogens is 1. The molecule has 0 aliphatic carbocycles. The Labute approximate surface area is 119 Å². The Bertz CT molecular complexity index is 575. The maximum atomic E-state index is 10.8. The van der Waals surface area contributed by atoms with E-state index in [0.717, 1.165) is 11.1 Å². The molecule has 5 nitrogen and oxygen atoms in total. The number of nitro groups is 1. The van der Waals surface area contributed by atoms with E-state index in [1.54, 1.807) is 24.5 Å². The summed E-state index contributed by atoms with van der Waals surface area (Å²) in [6.45, 7) is 1.28. The number of nitrogens with one attached hydrogen (secondary N) is 1. The topological polar surface area (TPSA) is 68.1 Å². The second kappa shape index (κ2) is 6.40. The van der Waals surface area contributed by atoms with Crippen LogP contribution in [0.5, 0.6) is 0 Å². The molecule has 0 unspecified atom stereocenters. The van der Waals surface area contributed by atoms with Crippen molar-refractivity contribution in [1.29, 1.82) is 0 Å². The minimum Gasteiger partial charge on any atom is -0.309 e. The van der Waals surface area contributed by atoms with Gasteiger partial charge in [-0.1, -0.05) is 6.07 Å². The van der Waals surface area contributed by atoms with Crippen LogP contribution in [-0.2, 0) is 13.1 Å². The number of hydrogen-bond acceptors (Lipinski definition) is 4. The SMILES string of the molecule is O=[N+]([O-])c1cc(CNCc2ccncc2)ccc1Br. The number of nitrogens with zero attached hydrogens (tertiary/aromatic N) is 2.